The lowest BCUT2D eigenvalue weighted by Gasteiger charge is -2.19. The molecular weight excluding hydrogens is 316 g/mol. The summed E-state index contributed by atoms with van der Waals surface area (Å²) in [5.74, 6) is 0.622. The van der Waals surface area contributed by atoms with Crippen LogP contribution in [0, 0.1) is 5.92 Å². The summed E-state index contributed by atoms with van der Waals surface area (Å²) >= 11 is 0. The molecule has 3 rings (SSSR count). The van der Waals surface area contributed by atoms with Crippen LogP contribution in [-0.4, -0.2) is 37.8 Å². The Balaban J connectivity index is 1.46. The Morgan fingerprint density at radius 3 is 2.80 bits per heavy atom. The van der Waals surface area contributed by atoms with Gasteiger partial charge < -0.3 is 20.1 Å². The first-order valence-electron chi connectivity index (χ1n) is 8.57. The first-order valence-corrected chi connectivity index (χ1v) is 8.57. The quantitative estimate of drug-likeness (QED) is 0.811. The molecular formula is C20H24N2O3. The van der Waals surface area contributed by atoms with Crippen LogP contribution in [0.4, 0.5) is 5.69 Å². The first kappa shape index (κ1) is 17.3. The van der Waals surface area contributed by atoms with Crippen LogP contribution in [0.3, 0.4) is 0 Å². The topological polar surface area (TPSA) is 61.8 Å². The lowest BCUT2D eigenvalue weighted by molar-refractivity contribution is 0.0697. The molecule has 0 radical (unpaired) electrons. The van der Waals surface area contributed by atoms with Gasteiger partial charge in [0.15, 0.2) is 0 Å². The van der Waals surface area contributed by atoms with Crippen molar-refractivity contribution in [2.45, 2.75) is 13.0 Å². The van der Waals surface area contributed by atoms with Gasteiger partial charge in [0.05, 0.1) is 12.7 Å². The molecule has 1 fully saturated rings. The summed E-state index contributed by atoms with van der Waals surface area (Å²) in [6.45, 7) is 3.82. The maximum atomic E-state index is 10.9. The van der Waals surface area contributed by atoms with E-state index in [1.54, 1.807) is 19.2 Å². The number of carboxylic acids is 1. The van der Waals surface area contributed by atoms with Gasteiger partial charge in [-0.05, 0) is 42.2 Å². The zero-order chi connectivity index (χ0) is 17.6. The van der Waals surface area contributed by atoms with Crippen LogP contribution in [0.25, 0.3) is 0 Å². The van der Waals surface area contributed by atoms with Gasteiger partial charge in [-0.25, -0.2) is 4.79 Å². The third-order valence-corrected chi connectivity index (χ3v) is 4.67. The zero-order valence-electron chi connectivity index (χ0n) is 14.4. The molecule has 0 bridgehead atoms. The molecule has 1 unspecified atom stereocenters. The van der Waals surface area contributed by atoms with Crippen LogP contribution < -0.4 is 15.0 Å². The average molecular weight is 340 g/mol. The summed E-state index contributed by atoms with van der Waals surface area (Å²) in [7, 11) is 1.69. The molecule has 0 aromatic heterocycles. The molecule has 2 N–H and O–H groups in total. The van der Waals surface area contributed by atoms with Crippen molar-refractivity contribution in [3.8, 4) is 5.75 Å². The molecule has 1 atom stereocenters. The van der Waals surface area contributed by atoms with Gasteiger partial charge >= 0.3 is 5.97 Å². The fourth-order valence-electron chi connectivity index (χ4n) is 3.23. The van der Waals surface area contributed by atoms with Gasteiger partial charge in [0, 0.05) is 37.9 Å². The third-order valence-electron chi connectivity index (χ3n) is 4.67. The number of ether oxygens (including phenoxy) is 1. The second-order valence-corrected chi connectivity index (χ2v) is 6.44. The second kappa shape index (κ2) is 8.03. The molecule has 1 aliphatic rings. The van der Waals surface area contributed by atoms with E-state index in [2.05, 4.69) is 22.3 Å². The highest BCUT2D eigenvalue weighted by atomic mass is 16.5. The van der Waals surface area contributed by atoms with Gasteiger partial charge in [0.25, 0.3) is 0 Å². The largest absolute Gasteiger partial charge is 0.497 e. The van der Waals surface area contributed by atoms with Crippen molar-refractivity contribution in [2.24, 2.45) is 5.92 Å². The summed E-state index contributed by atoms with van der Waals surface area (Å²) in [5, 5.41) is 12.4. The van der Waals surface area contributed by atoms with Gasteiger partial charge in [0.1, 0.15) is 5.75 Å². The Kier molecular flexibility index (Phi) is 5.56. The normalized spacial score (nSPS) is 16.8. The highest BCUT2D eigenvalue weighted by molar-refractivity contribution is 5.87. The SMILES string of the molecule is COc1cccc(N2CCC(CNCc3ccc(C(=O)O)cc3)C2)c1. The summed E-state index contributed by atoms with van der Waals surface area (Å²) in [6, 6.07) is 15.2. The molecule has 0 spiro atoms. The number of rotatable bonds is 7. The number of methoxy groups -OCH3 is 1. The zero-order valence-corrected chi connectivity index (χ0v) is 14.4. The predicted octanol–water partition coefficient (Wildman–Crippen LogP) is 3.01. The lowest BCUT2D eigenvalue weighted by Crippen LogP contribution is -2.26. The Hall–Kier alpha value is -2.53. The smallest absolute Gasteiger partial charge is 0.335 e. The van der Waals surface area contributed by atoms with Gasteiger partial charge in [-0.2, -0.15) is 0 Å². The minimum Gasteiger partial charge on any atom is -0.497 e. The fourth-order valence-corrected chi connectivity index (χ4v) is 3.23. The molecule has 2 aromatic carbocycles. The van der Waals surface area contributed by atoms with Crippen molar-refractivity contribution in [3.63, 3.8) is 0 Å². The number of aromatic carboxylic acids is 1. The van der Waals surface area contributed by atoms with Crippen molar-refractivity contribution < 1.29 is 14.6 Å². The van der Waals surface area contributed by atoms with E-state index in [-0.39, 0.29) is 0 Å². The van der Waals surface area contributed by atoms with Crippen LogP contribution in [0.15, 0.2) is 48.5 Å². The predicted molar refractivity (Wildman–Crippen MR) is 98.4 cm³/mol. The second-order valence-electron chi connectivity index (χ2n) is 6.44. The number of carbonyl (C=O) groups is 1. The van der Waals surface area contributed by atoms with Gasteiger partial charge in [-0.1, -0.05) is 18.2 Å². The highest BCUT2D eigenvalue weighted by Crippen LogP contribution is 2.26. The molecule has 1 saturated heterocycles. The van der Waals surface area contributed by atoms with Crippen molar-refractivity contribution in [1.29, 1.82) is 0 Å². The number of nitrogens with one attached hydrogen (secondary N) is 1. The van der Waals surface area contributed by atoms with Crippen LogP contribution in [0.1, 0.15) is 22.3 Å². The van der Waals surface area contributed by atoms with Crippen molar-refractivity contribution in [1.82, 2.24) is 5.32 Å². The third kappa shape index (κ3) is 4.51. The average Bonchev–Trinajstić information content (AvgIpc) is 3.11. The molecule has 5 heteroatoms. The fraction of sp³-hybridized carbons (Fsp3) is 0.350. The molecule has 25 heavy (non-hydrogen) atoms. The lowest BCUT2D eigenvalue weighted by atomic mass is 10.1. The van der Waals surface area contributed by atoms with Crippen LogP contribution in [0.2, 0.25) is 0 Å². The summed E-state index contributed by atoms with van der Waals surface area (Å²) < 4.78 is 5.30. The Bertz CT molecular complexity index is 715. The van der Waals surface area contributed by atoms with Crippen molar-refractivity contribution in [2.75, 3.05) is 31.6 Å². The van der Waals surface area contributed by atoms with Crippen molar-refractivity contribution in [3.05, 3.63) is 59.7 Å². The van der Waals surface area contributed by atoms with Crippen molar-refractivity contribution >= 4 is 11.7 Å². The number of hydrogen-bond acceptors (Lipinski definition) is 4. The molecule has 132 valence electrons. The van der Waals surface area contributed by atoms with Gasteiger partial charge in [0.2, 0.25) is 0 Å². The maximum absolute atomic E-state index is 10.9. The molecule has 0 aliphatic carbocycles. The van der Waals surface area contributed by atoms with Gasteiger partial charge in [-0.3, -0.25) is 0 Å². The standard InChI is InChI=1S/C20H24N2O3/c1-25-19-4-2-3-18(11-19)22-10-9-16(14-22)13-21-12-15-5-7-17(8-6-15)20(23)24/h2-8,11,16,21H,9-10,12-14H2,1H3,(H,23,24). The van der Waals surface area contributed by atoms with Crippen LogP contribution in [-0.2, 0) is 6.54 Å². The molecule has 0 amide bonds. The maximum Gasteiger partial charge on any atom is 0.335 e. The molecule has 1 aliphatic heterocycles. The van der Waals surface area contributed by atoms with E-state index in [1.165, 1.54) is 12.1 Å². The summed E-state index contributed by atoms with van der Waals surface area (Å²) in [5.41, 5.74) is 2.65. The van der Waals surface area contributed by atoms with E-state index in [9.17, 15) is 4.79 Å². The van der Waals surface area contributed by atoms with E-state index in [1.807, 2.05) is 24.3 Å². The first-order chi connectivity index (χ1) is 12.2. The van der Waals surface area contributed by atoms with E-state index >= 15 is 0 Å². The van der Waals surface area contributed by atoms with E-state index in [0.29, 0.717) is 11.5 Å². The number of anilines is 1. The Labute approximate surface area is 148 Å². The highest BCUT2D eigenvalue weighted by Gasteiger charge is 2.22. The number of benzene rings is 2. The minimum atomic E-state index is -0.886. The van der Waals surface area contributed by atoms with E-state index in [4.69, 9.17) is 9.84 Å². The Morgan fingerprint density at radius 1 is 1.28 bits per heavy atom. The molecule has 5 nitrogen and oxygen atoms in total. The molecule has 1 heterocycles. The minimum absolute atomic E-state index is 0.327. The monoisotopic (exact) mass is 340 g/mol. The molecule has 0 saturated carbocycles. The number of hydrogen-bond donors (Lipinski definition) is 2. The molecule has 2 aromatic rings. The summed E-state index contributed by atoms with van der Waals surface area (Å²) in [4.78, 5) is 13.3. The number of nitrogens with zero attached hydrogens (tertiary/aromatic N) is 1. The van der Waals surface area contributed by atoms with Gasteiger partial charge in [-0.15, -0.1) is 0 Å². The van der Waals surface area contributed by atoms with E-state index < -0.39 is 5.97 Å². The summed E-state index contributed by atoms with van der Waals surface area (Å²) in [6.07, 6.45) is 1.17. The van der Waals surface area contributed by atoms with E-state index in [0.717, 1.165) is 37.5 Å². The Morgan fingerprint density at radius 2 is 2.08 bits per heavy atom. The van der Waals surface area contributed by atoms with Crippen LogP contribution >= 0.6 is 0 Å². The van der Waals surface area contributed by atoms with Crippen LogP contribution in [0.5, 0.6) is 5.75 Å². The number of carboxylic acid groups (broad SMARTS) is 1.